The third-order valence-electron chi connectivity index (χ3n) is 3.34. The molecule has 1 rings (SSSR count). The maximum Gasteiger partial charge on any atom is 0.407 e. The SMILES string of the molecule is CC(C)(C)C1CN(CCCO)CCN1C(=O)O. The molecule has 1 aliphatic heterocycles. The summed E-state index contributed by atoms with van der Waals surface area (Å²) in [6, 6.07) is 0.0208. The molecule has 100 valence electrons. The van der Waals surface area contributed by atoms with Crippen LogP contribution in [0.2, 0.25) is 0 Å². The van der Waals surface area contributed by atoms with Crippen LogP contribution in [-0.4, -0.2) is 64.9 Å². The summed E-state index contributed by atoms with van der Waals surface area (Å²) in [5.41, 5.74) is -0.0593. The number of aliphatic hydroxyl groups excluding tert-OH is 1. The number of piperazine rings is 1. The predicted octanol–water partition coefficient (Wildman–Crippen LogP) is 1.08. The van der Waals surface area contributed by atoms with Crippen molar-refractivity contribution < 1.29 is 15.0 Å². The van der Waals surface area contributed by atoms with E-state index in [1.165, 1.54) is 0 Å². The van der Waals surface area contributed by atoms with Crippen molar-refractivity contribution in [1.29, 1.82) is 0 Å². The molecule has 1 atom stereocenters. The van der Waals surface area contributed by atoms with Gasteiger partial charge in [-0.2, -0.15) is 0 Å². The first kappa shape index (κ1) is 14.3. The van der Waals surface area contributed by atoms with Crippen molar-refractivity contribution in [2.24, 2.45) is 5.41 Å². The highest BCUT2D eigenvalue weighted by Gasteiger charge is 2.37. The average Bonchev–Trinajstić information content (AvgIpc) is 2.24. The number of carboxylic acid groups (broad SMARTS) is 1. The Labute approximate surface area is 103 Å². The van der Waals surface area contributed by atoms with Crippen LogP contribution >= 0.6 is 0 Å². The maximum absolute atomic E-state index is 11.2. The van der Waals surface area contributed by atoms with Gasteiger partial charge < -0.3 is 15.1 Å². The number of hydrogen-bond donors (Lipinski definition) is 2. The van der Waals surface area contributed by atoms with Gasteiger partial charge in [0.2, 0.25) is 0 Å². The topological polar surface area (TPSA) is 64.0 Å². The number of amides is 1. The normalized spacial score (nSPS) is 22.8. The molecule has 1 saturated heterocycles. The van der Waals surface area contributed by atoms with Crippen molar-refractivity contribution >= 4 is 6.09 Å². The first-order valence-corrected chi connectivity index (χ1v) is 6.19. The average molecular weight is 244 g/mol. The standard InChI is InChI=1S/C12H24N2O3/c1-12(2,3)10-9-13(5-4-8-15)6-7-14(10)11(16)17/h10,15H,4-9H2,1-3H3,(H,16,17). The number of carbonyl (C=O) groups is 1. The summed E-state index contributed by atoms with van der Waals surface area (Å²) >= 11 is 0. The fourth-order valence-electron chi connectivity index (χ4n) is 2.31. The third-order valence-corrected chi connectivity index (χ3v) is 3.34. The Hall–Kier alpha value is -0.810. The largest absolute Gasteiger partial charge is 0.465 e. The van der Waals surface area contributed by atoms with E-state index in [0.29, 0.717) is 6.54 Å². The van der Waals surface area contributed by atoms with Gasteiger partial charge in [-0.3, -0.25) is 4.90 Å². The smallest absolute Gasteiger partial charge is 0.407 e. The van der Waals surface area contributed by atoms with Crippen LogP contribution in [0.15, 0.2) is 0 Å². The Balaban J connectivity index is 2.67. The molecule has 1 unspecified atom stereocenters. The van der Waals surface area contributed by atoms with Gasteiger partial charge in [0.25, 0.3) is 0 Å². The van der Waals surface area contributed by atoms with Crippen LogP contribution in [0.5, 0.6) is 0 Å². The maximum atomic E-state index is 11.2. The van der Waals surface area contributed by atoms with Crippen LogP contribution in [-0.2, 0) is 0 Å². The molecule has 1 fully saturated rings. The van der Waals surface area contributed by atoms with E-state index >= 15 is 0 Å². The number of rotatable bonds is 3. The van der Waals surface area contributed by atoms with Crippen molar-refractivity contribution in [3.8, 4) is 0 Å². The fraction of sp³-hybridized carbons (Fsp3) is 0.917. The second-order valence-electron chi connectivity index (χ2n) is 5.74. The fourth-order valence-corrected chi connectivity index (χ4v) is 2.31. The first-order chi connectivity index (χ1) is 7.86. The number of aliphatic hydroxyl groups is 1. The Bertz CT molecular complexity index is 263. The Morgan fingerprint density at radius 2 is 2.00 bits per heavy atom. The molecule has 0 aromatic carbocycles. The number of nitrogens with zero attached hydrogens (tertiary/aromatic N) is 2. The lowest BCUT2D eigenvalue weighted by molar-refractivity contribution is 0.0200. The highest BCUT2D eigenvalue weighted by atomic mass is 16.4. The summed E-state index contributed by atoms with van der Waals surface area (Å²) in [5, 5.41) is 18.0. The zero-order valence-corrected chi connectivity index (χ0v) is 11.0. The van der Waals surface area contributed by atoms with Crippen molar-refractivity contribution in [2.75, 3.05) is 32.8 Å². The van der Waals surface area contributed by atoms with Gasteiger partial charge in [0.1, 0.15) is 0 Å². The summed E-state index contributed by atoms with van der Waals surface area (Å²) in [4.78, 5) is 15.0. The molecule has 1 heterocycles. The zero-order chi connectivity index (χ0) is 13.1. The van der Waals surface area contributed by atoms with Crippen LogP contribution in [0.4, 0.5) is 4.79 Å². The van der Waals surface area contributed by atoms with Crippen LogP contribution in [0.3, 0.4) is 0 Å². The summed E-state index contributed by atoms with van der Waals surface area (Å²) in [5.74, 6) is 0. The molecule has 0 spiro atoms. The Morgan fingerprint density at radius 1 is 1.35 bits per heavy atom. The lowest BCUT2D eigenvalue weighted by Gasteiger charge is -2.46. The molecule has 5 nitrogen and oxygen atoms in total. The lowest BCUT2D eigenvalue weighted by atomic mass is 9.84. The molecule has 17 heavy (non-hydrogen) atoms. The zero-order valence-electron chi connectivity index (χ0n) is 11.0. The predicted molar refractivity (Wildman–Crippen MR) is 66.1 cm³/mol. The van der Waals surface area contributed by atoms with Gasteiger partial charge in [-0.25, -0.2) is 4.79 Å². The molecular formula is C12H24N2O3. The highest BCUT2D eigenvalue weighted by molar-refractivity contribution is 5.65. The van der Waals surface area contributed by atoms with E-state index in [0.717, 1.165) is 26.1 Å². The van der Waals surface area contributed by atoms with Crippen molar-refractivity contribution in [1.82, 2.24) is 9.80 Å². The van der Waals surface area contributed by atoms with Gasteiger partial charge in [0.15, 0.2) is 0 Å². The monoisotopic (exact) mass is 244 g/mol. The summed E-state index contributed by atoms with van der Waals surface area (Å²) in [7, 11) is 0. The molecule has 0 radical (unpaired) electrons. The van der Waals surface area contributed by atoms with Gasteiger partial charge in [-0.15, -0.1) is 0 Å². The van der Waals surface area contributed by atoms with Crippen molar-refractivity contribution in [3.05, 3.63) is 0 Å². The summed E-state index contributed by atoms with van der Waals surface area (Å²) in [6.45, 7) is 9.34. The van der Waals surface area contributed by atoms with Gasteiger partial charge in [0.05, 0.1) is 6.04 Å². The molecule has 0 bridgehead atoms. The Kier molecular flexibility index (Phi) is 4.77. The molecular weight excluding hydrogens is 220 g/mol. The van der Waals surface area contributed by atoms with E-state index in [4.69, 9.17) is 5.11 Å². The Morgan fingerprint density at radius 3 is 2.47 bits per heavy atom. The van der Waals surface area contributed by atoms with Crippen LogP contribution in [0.25, 0.3) is 0 Å². The van der Waals surface area contributed by atoms with Gasteiger partial charge in [0, 0.05) is 32.8 Å². The van der Waals surface area contributed by atoms with Gasteiger partial charge in [-0.05, 0) is 11.8 Å². The molecule has 0 aromatic heterocycles. The van der Waals surface area contributed by atoms with Gasteiger partial charge >= 0.3 is 6.09 Å². The summed E-state index contributed by atoms with van der Waals surface area (Å²) < 4.78 is 0. The molecule has 1 aliphatic rings. The quantitative estimate of drug-likeness (QED) is 0.779. The van der Waals surface area contributed by atoms with E-state index in [1.807, 2.05) is 0 Å². The van der Waals surface area contributed by atoms with E-state index in [1.54, 1.807) is 4.90 Å². The van der Waals surface area contributed by atoms with Crippen LogP contribution in [0, 0.1) is 5.41 Å². The summed E-state index contributed by atoms with van der Waals surface area (Å²) in [6.07, 6.45) is -0.0732. The highest BCUT2D eigenvalue weighted by Crippen LogP contribution is 2.27. The lowest BCUT2D eigenvalue weighted by Crippen LogP contribution is -2.59. The molecule has 2 N–H and O–H groups in total. The molecule has 1 amide bonds. The van der Waals surface area contributed by atoms with E-state index in [-0.39, 0.29) is 18.1 Å². The molecule has 5 heteroatoms. The molecule has 0 aromatic rings. The second kappa shape index (κ2) is 5.69. The van der Waals surface area contributed by atoms with E-state index < -0.39 is 6.09 Å². The number of hydrogen-bond acceptors (Lipinski definition) is 3. The minimum Gasteiger partial charge on any atom is -0.465 e. The first-order valence-electron chi connectivity index (χ1n) is 6.19. The van der Waals surface area contributed by atoms with E-state index in [9.17, 15) is 9.90 Å². The third kappa shape index (κ3) is 3.85. The second-order valence-corrected chi connectivity index (χ2v) is 5.74. The van der Waals surface area contributed by atoms with Crippen molar-refractivity contribution in [2.45, 2.75) is 33.2 Å². The molecule has 0 aliphatic carbocycles. The van der Waals surface area contributed by atoms with Crippen LogP contribution in [0.1, 0.15) is 27.2 Å². The minimum absolute atomic E-state index is 0.0208. The van der Waals surface area contributed by atoms with E-state index in [2.05, 4.69) is 25.7 Å². The molecule has 0 saturated carbocycles. The van der Waals surface area contributed by atoms with Gasteiger partial charge in [-0.1, -0.05) is 20.8 Å². The van der Waals surface area contributed by atoms with Crippen LogP contribution < -0.4 is 0 Å². The minimum atomic E-state index is -0.827. The van der Waals surface area contributed by atoms with Crippen molar-refractivity contribution in [3.63, 3.8) is 0 Å².